The third-order valence-corrected chi connectivity index (χ3v) is 5.09. The van der Waals surface area contributed by atoms with Gasteiger partial charge in [0.15, 0.2) is 0 Å². The molecule has 0 aromatic heterocycles. The molecule has 0 spiro atoms. The van der Waals surface area contributed by atoms with E-state index in [1.54, 1.807) is 0 Å². The molecule has 1 aromatic rings. The quantitative estimate of drug-likeness (QED) is 0.779. The number of nitrogens with one attached hydrogen (secondary N) is 2. The van der Waals surface area contributed by atoms with Crippen molar-refractivity contribution in [3.63, 3.8) is 0 Å². The predicted molar refractivity (Wildman–Crippen MR) is 83.6 cm³/mol. The molecule has 2 aliphatic rings. The van der Waals surface area contributed by atoms with Gasteiger partial charge in [0.05, 0.1) is 0 Å². The van der Waals surface area contributed by atoms with E-state index in [-0.39, 0.29) is 29.8 Å². The average molecular weight is 352 g/mol. The van der Waals surface area contributed by atoms with Crippen molar-refractivity contribution in [1.29, 1.82) is 0 Å². The Labute approximate surface area is 131 Å². The fraction of sp³-hybridized carbons (Fsp3) is 0.467. The molecular weight excluding hydrogens is 334 g/mol. The molecule has 5 nitrogen and oxygen atoms in total. The van der Waals surface area contributed by atoms with E-state index in [9.17, 15) is 9.59 Å². The fourth-order valence-corrected chi connectivity index (χ4v) is 3.81. The molecule has 1 aromatic carbocycles. The van der Waals surface area contributed by atoms with Crippen LogP contribution in [0.1, 0.15) is 37.3 Å². The first kappa shape index (κ1) is 14.5. The van der Waals surface area contributed by atoms with Crippen LogP contribution in [0, 0.1) is 5.92 Å². The summed E-state index contributed by atoms with van der Waals surface area (Å²) >= 11 is 3.52. The summed E-state index contributed by atoms with van der Waals surface area (Å²) in [7, 11) is 0. The van der Waals surface area contributed by atoms with Crippen LogP contribution < -0.4 is 16.4 Å². The molecule has 6 heteroatoms. The Morgan fingerprint density at radius 2 is 2.00 bits per heavy atom. The van der Waals surface area contributed by atoms with E-state index >= 15 is 0 Å². The highest BCUT2D eigenvalue weighted by atomic mass is 79.9. The summed E-state index contributed by atoms with van der Waals surface area (Å²) in [5.74, 6) is -0.242. The maximum absolute atomic E-state index is 12.2. The standard InChI is InChI=1S/C15H18BrN3O2/c16-10-2-1-3-11-12(10)13(15(21)19-11)18-9-6-4-8(5-7-9)14(17)20/h1-3,8-9,13,18H,4-7H2,(H2,17,20)(H,19,21). The molecule has 112 valence electrons. The molecule has 21 heavy (non-hydrogen) atoms. The molecule has 2 amide bonds. The lowest BCUT2D eigenvalue weighted by Crippen LogP contribution is -2.40. The van der Waals surface area contributed by atoms with E-state index in [2.05, 4.69) is 26.6 Å². The minimum Gasteiger partial charge on any atom is -0.369 e. The van der Waals surface area contributed by atoms with Gasteiger partial charge in [0.2, 0.25) is 11.8 Å². The van der Waals surface area contributed by atoms with Crippen LogP contribution in [0.5, 0.6) is 0 Å². The predicted octanol–water partition coefficient (Wildman–Crippen LogP) is 2.08. The lowest BCUT2D eigenvalue weighted by molar-refractivity contribution is -0.123. The number of carbonyl (C=O) groups excluding carboxylic acids is 2. The third kappa shape index (κ3) is 2.82. The molecular formula is C15H18BrN3O2. The molecule has 0 radical (unpaired) electrons. The summed E-state index contributed by atoms with van der Waals surface area (Å²) in [6.45, 7) is 0. The number of fused-ring (bicyclic) bond motifs is 1. The zero-order valence-electron chi connectivity index (χ0n) is 11.6. The number of hydrogen-bond donors (Lipinski definition) is 3. The second kappa shape index (κ2) is 5.77. The zero-order valence-corrected chi connectivity index (χ0v) is 13.2. The van der Waals surface area contributed by atoms with Gasteiger partial charge in [-0.1, -0.05) is 22.0 Å². The highest BCUT2D eigenvalue weighted by molar-refractivity contribution is 9.10. The van der Waals surface area contributed by atoms with Gasteiger partial charge < -0.3 is 11.1 Å². The number of rotatable bonds is 3. The summed E-state index contributed by atoms with van der Waals surface area (Å²) in [6, 6.07) is 5.67. The normalized spacial score (nSPS) is 28.0. The number of amides is 2. The molecule has 1 atom stereocenters. The molecule has 1 aliphatic carbocycles. The van der Waals surface area contributed by atoms with Gasteiger partial charge in [0.1, 0.15) is 6.04 Å². The molecule has 1 fully saturated rings. The molecule has 1 aliphatic heterocycles. The number of hydrogen-bond acceptors (Lipinski definition) is 3. The molecule has 4 N–H and O–H groups in total. The van der Waals surface area contributed by atoms with Gasteiger partial charge in [-0.25, -0.2) is 0 Å². The van der Waals surface area contributed by atoms with E-state index in [4.69, 9.17) is 5.73 Å². The van der Waals surface area contributed by atoms with Crippen LogP contribution >= 0.6 is 15.9 Å². The Morgan fingerprint density at radius 3 is 2.67 bits per heavy atom. The summed E-state index contributed by atoms with van der Waals surface area (Å²) in [5.41, 5.74) is 7.18. The number of anilines is 1. The first-order valence-corrected chi connectivity index (χ1v) is 8.00. The summed E-state index contributed by atoms with van der Waals surface area (Å²) in [5, 5.41) is 6.33. The third-order valence-electron chi connectivity index (χ3n) is 4.39. The van der Waals surface area contributed by atoms with Gasteiger partial charge in [0, 0.05) is 27.7 Å². The van der Waals surface area contributed by atoms with Crippen molar-refractivity contribution in [2.75, 3.05) is 5.32 Å². The van der Waals surface area contributed by atoms with Gasteiger partial charge in [-0.2, -0.15) is 0 Å². The first-order chi connectivity index (χ1) is 10.1. The second-order valence-electron chi connectivity index (χ2n) is 5.74. The van der Waals surface area contributed by atoms with Gasteiger partial charge in [-0.05, 0) is 37.8 Å². The lowest BCUT2D eigenvalue weighted by atomic mass is 9.85. The number of benzene rings is 1. The highest BCUT2D eigenvalue weighted by Gasteiger charge is 2.35. The molecule has 1 saturated carbocycles. The molecule has 0 bridgehead atoms. The fourth-order valence-electron chi connectivity index (χ4n) is 3.21. The summed E-state index contributed by atoms with van der Waals surface area (Å²) in [4.78, 5) is 23.4. The molecule has 0 saturated heterocycles. The van der Waals surface area contributed by atoms with Crippen LogP contribution in [0.25, 0.3) is 0 Å². The van der Waals surface area contributed by atoms with Gasteiger partial charge in [-0.15, -0.1) is 0 Å². The topological polar surface area (TPSA) is 84.2 Å². The molecule has 3 rings (SSSR count). The Kier molecular flexibility index (Phi) is 3.99. The van der Waals surface area contributed by atoms with Crippen molar-refractivity contribution < 1.29 is 9.59 Å². The van der Waals surface area contributed by atoms with Crippen LogP contribution in [0.3, 0.4) is 0 Å². The zero-order chi connectivity index (χ0) is 15.0. The van der Waals surface area contributed by atoms with Crippen molar-refractivity contribution in [2.24, 2.45) is 11.7 Å². The first-order valence-electron chi connectivity index (χ1n) is 7.21. The Bertz CT molecular complexity index is 582. The van der Waals surface area contributed by atoms with E-state index < -0.39 is 0 Å². The lowest BCUT2D eigenvalue weighted by Gasteiger charge is -2.29. The molecule has 1 unspecified atom stereocenters. The van der Waals surface area contributed by atoms with Crippen LogP contribution in [0.4, 0.5) is 5.69 Å². The van der Waals surface area contributed by atoms with Crippen LogP contribution in [0.15, 0.2) is 22.7 Å². The van der Waals surface area contributed by atoms with E-state index in [0.29, 0.717) is 0 Å². The monoisotopic (exact) mass is 351 g/mol. The Balaban J connectivity index is 1.70. The van der Waals surface area contributed by atoms with Crippen molar-refractivity contribution >= 4 is 33.4 Å². The van der Waals surface area contributed by atoms with E-state index in [0.717, 1.165) is 41.4 Å². The number of nitrogens with two attached hydrogens (primary N) is 1. The summed E-state index contributed by atoms with van der Waals surface area (Å²) < 4.78 is 0.932. The highest BCUT2D eigenvalue weighted by Crippen LogP contribution is 2.37. The smallest absolute Gasteiger partial charge is 0.246 e. The Hall–Kier alpha value is -1.40. The largest absolute Gasteiger partial charge is 0.369 e. The van der Waals surface area contributed by atoms with E-state index in [1.165, 1.54) is 0 Å². The Morgan fingerprint density at radius 1 is 1.29 bits per heavy atom. The SMILES string of the molecule is NC(=O)C1CCC(NC2C(=O)Nc3cccc(Br)c32)CC1. The summed E-state index contributed by atoms with van der Waals surface area (Å²) in [6.07, 6.45) is 3.34. The van der Waals surface area contributed by atoms with Crippen molar-refractivity contribution in [2.45, 2.75) is 37.8 Å². The van der Waals surface area contributed by atoms with Crippen molar-refractivity contribution in [3.8, 4) is 0 Å². The van der Waals surface area contributed by atoms with E-state index in [1.807, 2.05) is 18.2 Å². The van der Waals surface area contributed by atoms with Crippen LogP contribution in [0.2, 0.25) is 0 Å². The van der Waals surface area contributed by atoms with Crippen molar-refractivity contribution in [1.82, 2.24) is 5.32 Å². The number of halogens is 1. The maximum Gasteiger partial charge on any atom is 0.246 e. The molecule has 1 heterocycles. The maximum atomic E-state index is 12.2. The van der Waals surface area contributed by atoms with Gasteiger partial charge in [0.25, 0.3) is 0 Å². The number of carbonyl (C=O) groups is 2. The van der Waals surface area contributed by atoms with Crippen molar-refractivity contribution in [3.05, 3.63) is 28.2 Å². The van der Waals surface area contributed by atoms with Crippen LogP contribution in [-0.2, 0) is 9.59 Å². The van der Waals surface area contributed by atoms with Gasteiger partial charge in [-0.3, -0.25) is 14.9 Å². The van der Waals surface area contributed by atoms with Gasteiger partial charge >= 0.3 is 0 Å². The second-order valence-corrected chi connectivity index (χ2v) is 6.60. The van der Waals surface area contributed by atoms with Crippen LogP contribution in [-0.4, -0.2) is 17.9 Å². The average Bonchev–Trinajstić information content (AvgIpc) is 2.77. The number of primary amides is 1. The minimum absolute atomic E-state index is 0.0144. The minimum atomic E-state index is -0.328.